The highest BCUT2D eigenvalue weighted by molar-refractivity contribution is 5.96. The maximum Gasteiger partial charge on any atom is 0.326 e. The average molecular weight is 956 g/mol. The van der Waals surface area contributed by atoms with Gasteiger partial charge in [-0.1, -0.05) is 40.5 Å². The zero-order valence-electron chi connectivity index (χ0n) is 38.9. The Hall–Kier alpha value is -5.95. The third kappa shape index (κ3) is 22.9. The molecule has 9 amide bonds. The van der Waals surface area contributed by atoms with E-state index >= 15 is 0 Å². The van der Waals surface area contributed by atoms with Crippen molar-refractivity contribution >= 4 is 65.1 Å². The summed E-state index contributed by atoms with van der Waals surface area (Å²) in [5, 5.41) is 48.3. The van der Waals surface area contributed by atoms with Crippen LogP contribution in [0, 0.1) is 23.7 Å². The summed E-state index contributed by atoms with van der Waals surface area (Å²) in [6.07, 6.45) is 3.34. The fraction of sp³-hybridized carbons (Fsp3) is 0.738. The molecule has 17 N–H and O–H groups in total. The third-order valence-corrected chi connectivity index (χ3v) is 10.9. The van der Waals surface area contributed by atoms with Gasteiger partial charge in [-0.25, -0.2) is 4.79 Å². The van der Waals surface area contributed by atoms with Crippen molar-refractivity contribution in [3.8, 4) is 0 Å². The first-order valence-corrected chi connectivity index (χ1v) is 22.7. The van der Waals surface area contributed by atoms with Crippen molar-refractivity contribution in [2.75, 3.05) is 32.8 Å². The molecule has 1 aliphatic carbocycles. The second-order valence-corrected chi connectivity index (χ2v) is 17.4. The van der Waals surface area contributed by atoms with E-state index in [2.05, 4.69) is 42.5 Å². The fourth-order valence-electron chi connectivity index (χ4n) is 7.18. The number of nitrogens with two attached hydrogens (primary N) is 3. The Kier molecular flexibility index (Phi) is 27.4. The molecule has 1 fully saturated rings. The first-order chi connectivity index (χ1) is 31.5. The predicted octanol–water partition coefficient (Wildman–Crippen LogP) is -4.07. The van der Waals surface area contributed by atoms with E-state index < -0.39 is 145 Å². The standard InChI is InChI=1S/C42H73N11O14/c1-22(2)17-29(52-36(59)26(44)18-31(45)55)37(60)47-19-32(56)49-27(13-8-10-16-46-35(58)24-11-5-6-12-25(24)41(64)65)38(61)53-34(23(3)4)40(63)48-20-33(57)50-30(21-54)39(62)51-28(42(66)67)14-7-9-15-43/h22-30,34,54H,5-21,43-44H2,1-4H3,(H2,45,55)(H,46,58)(H,47,60)(H,48,63)(H,49,56)(H,50,57)(H,51,62)(H,52,59)(H,53,61)(H,64,65)(H,66,67)/t24?,25?,26-,27-,28-,29-,30-,34-/m0/s1. The van der Waals surface area contributed by atoms with Gasteiger partial charge in [0.2, 0.25) is 53.2 Å². The van der Waals surface area contributed by atoms with Crippen molar-refractivity contribution in [3.63, 3.8) is 0 Å². The van der Waals surface area contributed by atoms with Crippen molar-refractivity contribution in [1.29, 1.82) is 0 Å². The van der Waals surface area contributed by atoms with Gasteiger partial charge in [0.25, 0.3) is 0 Å². The zero-order chi connectivity index (χ0) is 50.8. The van der Waals surface area contributed by atoms with Gasteiger partial charge in [-0.05, 0) is 76.2 Å². The maximum absolute atomic E-state index is 13.8. The number of primary amides is 1. The molecular weight excluding hydrogens is 883 g/mol. The normalized spacial score (nSPS) is 17.3. The minimum Gasteiger partial charge on any atom is -0.481 e. The number of unbranched alkanes of at least 4 members (excludes halogenated alkanes) is 2. The molecule has 25 heteroatoms. The molecule has 1 aliphatic rings. The summed E-state index contributed by atoms with van der Waals surface area (Å²) in [5.74, 6) is -11.8. The lowest BCUT2D eigenvalue weighted by atomic mass is 9.78. The highest BCUT2D eigenvalue weighted by atomic mass is 16.4. The highest BCUT2D eigenvalue weighted by Gasteiger charge is 2.36. The molecule has 1 saturated carbocycles. The fourth-order valence-corrected chi connectivity index (χ4v) is 7.18. The van der Waals surface area contributed by atoms with Crippen LogP contribution >= 0.6 is 0 Å². The van der Waals surface area contributed by atoms with Crippen LogP contribution < -0.4 is 59.7 Å². The van der Waals surface area contributed by atoms with Gasteiger partial charge in [-0.3, -0.25) is 47.9 Å². The van der Waals surface area contributed by atoms with Gasteiger partial charge in [-0.15, -0.1) is 0 Å². The predicted molar refractivity (Wildman–Crippen MR) is 239 cm³/mol. The van der Waals surface area contributed by atoms with Crippen LogP contribution in [0.5, 0.6) is 0 Å². The molecule has 8 atom stereocenters. The number of rotatable bonds is 32. The number of carbonyl (C=O) groups excluding carboxylic acids is 9. The van der Waals surface area contributed by atoms with Crippen LogP contribution in [0.2, 0.25) is 0 Å². The quantitative estimate of drug-likeness (QED) is 0.0285. The summed E-state index contributed by atoms with van der Waals surface area (Å²) < 4.78 is 0. The number of carboxylic acids is 2. The third-order valence-electron chi connectivity index (χ3n) is 10.9. The van der Waals surface area contributed by atoms with Crippen LogP contribution in [-0.2, 0) is 52.7 Å². The number of amides is 9. The summed E-state index contributed by atoms with van der Waals surface area (Å²) in [4.78, 5) is 139. The summed E-state index contributed by atoms with van der Waals surface area (Å²) in [5.41, 5.74) is 16.3. The van der Waals surface area contributed by atoms with Gasteiger partial charge in [0.05, 0.1) is 44.0 Å². The molecule has 0 aliphatic heterocycles. The van der Waals surface area contributed by atoms with E-state index in [-0.39, 0.29) is 38.1 Å². The number of hydrogen-bond acceptors (Lipinski definition) is 14. The number of aliphatic carboxylic acids is 2. The van der Waals surface area contributed by atoms with Crippen LogP contribution in [-0.4, -0.2) is 149 Å². The van der Waals surface area contributed by atoms with Gasteiger partial charge in [0, 0.05) is 6.54 Å². The van der Waals surface area contributed by atoms with Gasteiger partial charge in [0.1, 0.15) is 30.2 Å². The highest BCUT2D eigenvalue weighted by Crippen LogP contribution is 2.30. The number of carbonyl (C=O) groups is 11. The van der Waals surface area contributed by atoms with Gasteiger partial charge in [-0.2, -0.15) is 0 Å². The summed E-state index contributed by atoms with van der Waals surface area (Å²) >= 11 is 0. The Morgan fingerprint density at radius 1 is 0.612 bits per heavy atom. The van der Waals surface area contributed by atoms with Crippen molar-refractivity contribution in [3.05, 3.63) is 0 Å². The van der Waals surface area contributed by atoms with Gasteiger partial charge < -0.3 is 75.1 Å². The molecule has 0 aromatic carbocycles. The molecule has 2 unspecified atom stereocenters. The molecule has 0 aromatic rings. The molecule has 0 heterocycles. The van der Waals surface area contributed by atoms with Crippen LogP contribution in [0.15, 0.2) is 0 Å². The summed E-state index contributed by atoms with van der Waals surface area (Å²) in [6.45, 7) is 4.88. The Morgan fingerprint density at radius 2 is 1.15 bits per heavy atom. The number of carboxylic acid groups (broad SMARTS) is 2. The van der Waals surface area contributed by atoms with E-state index in [1.54, 1.807) is 27.7 Å². The van der Waals surface area contributed by atoms with Crippen LogP contribution in [0.1, 0.15) is 105 Å². The van der Waals surface area contributed by atoms with Crippen molar-refractivity contribution in [2.45, 2.75) is 141 Å². The first-order valence-electron chi connectivity index (χ1n) is 22.7. The molecule has 0 radical (unpaired) electrons. The second-order valence-electron chi connectivity index (χ2n) is 17.4. The molecule has 0 saturated heterocycles. The van der Waals surface area contributed by atoms with E-state index in [1.807, 2.05) is 0 Å². The van der Waals surface area contributed by atoms with Crippen LogP contribution in [0.25, 0.3) is 0 Å². The van der Waals surface area contributed by atoms with E-state index in [9.17, 15) is 68.1 Å². The lowest BCUT2D eigenvalue weighted by Crippen LogP contribution is -2.58. The van der Waals surface area contributed by atoms with Crippen molar-refractivity contribution in [1.82, 2.24) is 42.5 Å². The minimum absolute atomic E-state index is 0.0401. The Bertz CT molecular complexity index is 1710. The topological polar surface area (TPSA) is 423 Å². The Balaban J connectivity index is 3.09. The largest absolute Gasteiger partial charge is 0.481 e. The van der Waals surface area contributed by atoms with Crippen LogP contribution in [0.4, 0.5) is 0 Å². The summed E-state index contributed by atoms with van der Waals surface area (Å²) in [7, 11) is 0. The molecule has 0 spiro atoms. The lowest BCUT2D eigenvalue weighted by Gasteiger charge is -2.27. The van der Waals surface area contributed by atoms with Gasteiger partial charge >= 0.3 is 11.9 Å². The molecule has 1 rings (SSSR count). The summed E-state index contributed by atoms with van der Waals surface area (Å²) in [6, 6.07) is -7.97. The van der Waals surface area contributed by atoms with E-state index in [0.717, 1.165) is 6.42 Å². The van der Waals surface area contributed by atoms with Crippen molar-refractivity contribution in [2.24, 2.45) is 40.9 Å². The maximum atomic E-state index is 13.8. The lowest BCUT2D eigenvalue weighted by molar-refractivity contribution is -0.149. The number of aliphatic hydroxyl groups excluding tert-OH is 1. The first kappa shape index (κ1) is 59.1. The smallest absolute Gasteiger partial charge is 0.326 e. The molecular formula is C42H73N11O14. The zero-order valence-corrected chi connectivity index (χ0v) is 38.9. The SMILES string of the molecule is CC(C)C[C@H](NC(=O)[C@@H](N)CC(N)=O)C(=O)NCC(=O)N[C@@H](CCCCNC(=O)C1CCCCC1C(=O)O)C(=O)N[C@H](C(=O)NCC(=O)N[C@@H](CO)C(=O)N[C@@H](CCCCN)C(=O)O)C(C)C. The van der Waals surface area contributed by atoms with E-state index in [1.165, 1.54) is 0 Å². The molecule has 67 heavy (non-hydrogen) atoms. The molecule has 0 aromatic heterocycles. The van der Waals surface area contributed by atoms with Crippen LogP contribution in [0.3, 0.4) is 0 Å². The Morgan fingerprint density at radius 3 is 1.69 bits per heavy atom. The number of hydrogen-bond donors (Lipinski definition) is 14. The molecule has 0 bridgehead atoms. The second kappa shape index (κ2) is 31.1. The average Bonchev–Trinajstić information content (AvgIpc) is 3.26. The van der Waals surface area contributed by atoms with E-state index in [4.69, 9.17) is 17.2 Å². The number of aliphatic hydroxyl groups is 1. The van der Waals surface area contributed by atoms with Gasteiger partial charge in [0.15, 0.2) is 0 Å². The minimum atomic E-state index is -1.57. The monoisotopic (exact) mass is 956 g/mol. The number of nitrogens with one attached hydrogen (secondary N) is 8. The molecule has 25 nitrogen and oxygen atoms in total. The van der Waals surface area contributed by atoms with E-state index in [0.29, 0.717) is 45.1 Å². The molecule has 380 valence electrons. The Labute approximate surface area is 389 Å². The van der Waals surface area contributed by atoms with Crippen molar-refractivity contribution < 1.29 is 68.1 Å².